The van der Waals surface area contributed by atoms with Crippen molar-refractivity contribution >= 4 is 23.3 Å². The lowest BCUT2D eigenvalue weighted by molar-refractivity contribution is -0.385. The van der Waals surface area contributed by atoms with E-state index < -0.39 is 21.8 Å². The van der Waals surface area contributed by atoms with Crippen LogP contribution in [0.15, 0.2) is 48.5 Å². The van der Waals surface area contributed by atoms with Crippen LogP contribution in [0.25, 0.3) is 0 Å². The number of nitrogens with zero attached hydrogens (tertiary/aromatic N) is 2. The van der Waals surface area contributed by atoms with Gasteiger partial charge < -0.3 is 9.47 Å². The molecule has 0 aromatic heterocycles. The van der Waals surface area contributed by atoms with Crippen LogP contribution in [0.4, 0.5) is 11.4 Å². The van der Waals surface area contributed by atoms with Crippen LogP contribution in [-0.2, 0) is 9.59 Å². The summed E-state index contributed by atoms with van der Waals surface area (Å²) in [7, 11) is 0. The molecule has 0 amide bonds. The SMILES string of the molecule is O=C(CCCCC(=O)Oc1ccc([N+](=O)[O-])cc1)Oc1ccc([N+](=O)[O-])cc1. The summed E-state index contributed by atoms with van der Waals surface area (Å²) in [4.78, 5) is 43.5. The lowest BCUT2D eigenvalue weighted by atomic mass is 10.2. The molecule has 0 aliphatic rings. The van der Waals surface area contributed by atoms with Crippen LogP contribution in [0.3, 0.4) is 0 Å². The fourth-order valence-electron chi connectivity index (χ4n) is 2.18. The molecule has 10 nitrogen and oxygen atoms in total. The van der Waals surface area contributed by atoms with Crippen molar-refractivity contribution in [3.05, 3.63) is 68.8 Å². The first-order valence-electron chi connectivity index (χ1n) is 8.25. The number of ether oxygens (including phenoxy) is 2. The van der Waals surface area contributed by atoms with E-state index in [4.69, 9.17) is 9.47 Å². The maximum Gasteiger partial charge on any atom is 0.311 e. The third-order valence-electron chi connectivity index (χ3n) is 3.57. The molecule has 2 aromatic rings. The average molecular weight is 388 g/mol. The van der Waals surface area contributed by atoms with Gasteiger partial charge in [0, 0.05) is 37.1 Å². The molecule has 0 saturated heterocycles. The Kier molecular flexibility index (Phi) is 7.14. The zero-order valence-electron chi connectivity index (χ0n) is 14.6. The van der Waals surface area contributed by atoms with E-state index in [1.165, 1.54) is 48.5 Å². The zero-order chi connectivity index (χ0) is 20.5. The summed E-state index contributed by atoms with van der Waals surface area (Å²) in [6.45, 7) is 0. The van der Waals surface area contributed by atoms with Crippen molar-refractivity contribution in [2.75, 3.05) is 0 Å². The van der Waals surface area contributed by atoms with Gasteiger partial charge in [0.25, 0.3) is 11.4 Å². The lowest BCUT2D eigenvalue weighted by Gasteiger charge is -2.05. The molecule has 28 heavy (non-hydrogen) atoms. The second-order valence-corrected chi connectivity index (χ2v) is 5.66. The van der Waals surface area contributed by atoms with Crippen LogP contribution >= 0.6 is 0 Å². The first-order chi connectivity index (χ1) is 13.3. The van der Waals surface area contributed by atoms with Crippen LogP contribution < -0.4 is 9.47 Å². The minimum atomic E-state index is -0.554. The number of hydrogen-bond acceptors (Lipinski definition) is 8. The zero-order valence-corrected chi connectivity index (χ0v) is 14.6. The number of carbonyl (C=O) groups excluding carboxylic acids is 2. The van der Waals surface area contributed by atoms with Gasteiger partial charge in [-0.2, -0.15) is 0 Å². The van der Waals surface area contributed by atoms with E-state index in [-0.39, 0.29) is 35.7 Å². The predicted octanol–water partition coefficient (Wildman–Crippen LogP) is 3.57. The molecular formula is C18H16N2O8. The molecular weight excluding hydrogens is 372 g/mol. The first-order valence-corrected chi connectivity index (χ1v) is 8.25. The second-order valence-electron chi connectivity index (χ2n) is 5.66. The summed E-state index contributed by atoms with van der Waals surface area (Å²) >= 11 is 0. The summed E-state index contributed by atoms with van der Waals surface area (Å²) in [5.41, 5.74) is -0.210. The van der Waals surface area contributed by atoms with E-state index in [2.05, 4.69) is 0 Å². The number of nitro benzene ring substituents is 2. The molecule has 0 N–H and O–H groups in total. The van der Waals surface area contributed by atoms with E-state index in [0.29, 0.717) is 12.8 Å². The second kappa shape index (κ2) is 9.76. The number of non-ortho nitro benzene ring substituents is 2. The Morgan fingerprint density at radius 2 is 1.00 bits per heavy atom. The largest absolute Gasteiger partial charge is 0.427 e. The fourth-order valence-corrected chi connectivity index (χ4v) is 2.18. The summed E-state index contributed by atoms with van der Waals surface area (Å²) in [5, 5.41) is 21.1. The Bertz CT molecular complexity index is 789. The Hall–Kier alpha value is -3.82. The van der Waals surface area contributed by atoms with Gasteiger partial charge in [0.05, 0.1) is 9.85 Å². The highest BCUT2D eigenvalue weighted by molar-refractivity contribution is 5.73. The van der Waals surface area contributed by atoms with E-state index in [9.17, 15) is 29.8 Å². The minimum absolute atomic E-state index is 0.0712. The number of nitro groups is 2. The Morgan fingerprint density at radius 3 is 1.29 bits per heavy atom. The van der Waals surface area contributed by atoms with Crippen molar-refractivity contribution in [3.8, 4) is 11.5 Å². The molecule has 0 aliphatic heterocycles. The number of hydrogen-bond donors (Lipinski definition) is 0. The van der Waals surface area contributed by atoms with Gasteiger partial charge in [-0.3, -0.25) is 29.8 Å². The summed E-state index contributed by atoms with van der Waals surface area (Å²) in [6.07, 6.45) is 0.923. The normalized spacial score (nSPS) is 10.1. The maximum atomic E-state index is 11.7. The monoisotopic (exact) mass is 388 g/mol. The minimum Gasteiger partial charge on any atom is -0.427 e. The topological polar surface area (TPSA) is 139 Å². The molecule has 10 heteroatoms. The lowest BCUT2D eigenvalue weighted by Crippen LogP contribution is -2.10. The molecule has 2 rings (SSSR count). The van der Waals surface area contributed by atoms with Crippen LogP contribution in [0, 0.1) is 20.2 Å². The smallest absolute Gasteiger partial charge is 0.311 e. The quantitative estimate of drug-likeness (QED) is 0.209. The van der Waals surface area contributed by atoms with Crippen molar-refractivity contribution in [3.63, 3.8) is 0 Å². The summed E-state index contributed by atoms with van der Waals surface area (Å²) < 4.78 is 10.1. The molecule has 0 atom stereocenters. The molecule has 0 aliphatic carbocycles. The summed E-state index contributed by atoms with van der Waals surface area (Å²) in [6, 6.07) is 10.3. The van der Waals surface area contributed by atoms with Gasteiger partial charge in [0.15, 0.2) is 0 Å². The van der Waals surface area contributed by atoms with Crippen molar-refractivity contribution in [2.45, 2.75) is 25.7 Å². The Morgan fingerprint density at radius 1 is 0.679 bits per heavy atom. The van der Waals surface area contributed by atoms with Gasteiger partial charge in [0.2, 0.25) is 0 Å². The van der Waals surface area contributed by atoms with Crippen molar-refractivity contribution in [2.24, 2.45) is 0 Å². The summed E-state index contributed by atoms with van der Waals surface area (Å²) in [5.74, 6) is -0.628. The van der Waals surface area contributed by atoms with E-state index in [1.807, 2.05) is 0 Å². The highest BCUT2D eigenvalue weighted by Gasteiger charge is 2.11. The molecule has 0 heterocycles. The molecule has 0 spiro atoms. The van der Waals surface area contributed by atoms with Gasteiger partial charge in [0.1, 0.15) is 11.5 Å². The van der Waals surface area contributed by atoms with Gasteiger partial charge in [-0.25, -0.2) is 0 Å². The molecule has 2 aromatic carbocycles. The molecule has 0 bridgehead atoms. The molecule has 0 fully saturated rings. The maximum absolute atomic E-state index is 11.7. The van der Waals surface area contributed by atoms with Crippen LogP contribution in [-0.4, -0.2) is 21.8 Å². The van der Waals surface area contributed by atoms with E-state index in [0.717, 1.165) is 0 Å². The number of unbranched alkanes of at least 4 members (excludes halogenated alkanes) is 1. The highest BCUT2D eigenvalue weighted by atomic mass is 16.6. The van der Waals surface area contributed by atoms with Crippen LogP contribution in [0.2, 0.25) is 0 Å². The van der Waals surface area contributed by atoms with Gasteiger partial charge >= 0.3 is 11.9 Å². The van der Waals surface area contributed by atoms with Gasteiger partial charge in [-0.1, -0.05) is 0 Å². The number of benzene rings is 2. The molecule has 146 valence electrons. The number of carbonyl (C=O) groups is 2. The first kappa shape index (κ1) is 20.5. The predicted molar refractivity (Wildman–Crippen MR) is 95.9 cm³/mol. The van der Waals surface area contributed by atoms with Crippen molar-refractivity contribution in [1.82, 2.24) is 0 Å². The molecule has 0 unspecified atom stereocenters. The van der Waals surface area contributed by atoms with E-state index >= 15 is 0 Å². The Balaban J connectivity index is 1.67. The molecule has 0 saturated carbocycles. The van der Waals surface area contributed by atoms with Crippen molar-refractivity contribution < 1.29 is 28.9 Å². The van der Waals surface area contributed by atoms with Gasteiger partial charge in [-0.15, -0.1) is 0 Å². The third-order valence-corrected chi connectivity index (χ3v) is 3.57. The number of rotatable bonds is 9. The Labute approximate surface area is 159 Å². The van der Waals surface area contributed by atoms with Crippen molar-refractivity contribution in [1.29, 1.82) is 0 Å². The molecule has 0 radical (unpaired) electrons. The fraction of sp³-hybridized carbons (Fsp3) is 0.222. The average Bonchev–Trinajstić information content (AvgIpc) is 2.66. The van der Waals surface area contributed by atoms with Gasteiger partial charge in [-0.05, 0) is 37.1 Å². The van der Waals surface area contributed by atoms with Crippen LogP contribution in [0.1, 0.15) is 25.7 Å². The third kappa shape index (κ3) is 6.48. The number of esters is 2. The highest BCUT2D eigenvalue weighted by Crippen LogP contribution is 2.19. The van der Waals surface area contributed by atoms with E-state index in [1.54, 1.807) is 0 Å². The standard InChI is InChI=1S/C18H16N2O8/c21-17(27-15-9-5-13(6-10-15)19(23)24)3-1-2-4-18(22)28-16-11-7-14(8-12-16)20(25)26/h5-12H,1-4H2. The van der Waals surface area contributed by atoms with Crippen LogP contribution in [0.5, 0.6) is 11.5 Å².